The number of nitrogens with two attached hydrogens (primary N) is 1. The van der Waals surface area contributed by atoms with Crippen molar-refractivity contribution in [2.75, 3.05) is 5.32 Å². The van der Waals surface area contributed by atoms with Gasteiger partial charge in [-0.15, -0.1) is 0 Å². The zero-order chi connectivity index (χ0) is 10.7. The molecule has 5 heteroatoms. The zero-order valence-electron chi connectivity index (χ0n) is 7.92. The average molecular weight is 218 g/mol. The summed E-state index contributed by atoms with van der Waals surface area (Å²) in [6.45, 7) is 0. The van der Waals surface area contributed by atoms with E-state index in [1.165, 1.54) is 0 Å². The number of anilines is 1. The van der Waals surface area contributed by atoms with E-state index in [4.69, 9.17) is 18.0 Å². The maximum Gasteiger partial charge on any atom is 0.168 e. The second kappa shape index (κ2) is 4.10. The molecule has 15 heavy (non-hydrogen) atoms. The minimum atomic E-state index is 0.266. The van der Waals surface area contributed by atoms with Crippen molar-refractivity contribution >= 4 is 23.0 Å². The fourth-order valence-corrected chi connectivity index (χ4v) is 1.38. The Morgan fingerprint density at radius 1 is 1.33 bits per heavy atom. The van der Waals surface area contributed by atoms with Crippen LogP contribution in [0.1, 0.15) is 0 Å². The summed E-state index contributed by atoms with van der Waals surface area (Å²) in [7, 11) is 0. The molecule has 4 nitrogen and oxygen atoms in total. The molecule has 0 spiro atoms. The van der Waals surface area contributed by atoms with Crippen molar-refractivity contribution in [3.05, 3.63) is 42.7 Å². The third kappa shape index (κ3) is 2.32. The molecule has 0 radical (unpaired) electrons. The highest BCUT2D eigenvalue weighted by atomic mass is 32.1. The summed E-state index contributed by atoms with van der Waals surface area (Å²) in [5, 5.41) is 7.25. The maximum atomic E-state index is 5.36. The van der Waals surface area contributed by atoms with Gasteiger partial charge in [0, 0.05) is 18.1 Å². The molecule has 1 aromatic carbocycles. The predicted octanol–water partition coefficient (Wildman–Crippen LogP) is 1.53. The minimum Gasteiger partial charge on any atom is -0.376 e. The Morgan fingerprint density at radius 2 is 2.07 bits per heavy atom. The predicted molar refractivity (Wildman–Crippen MR) is 64.0 cm³/mol. The van der Waals surface area contributed by atoms with E-state index in [2.05, 4.69) is 10.4 Å². The van der Waals surface area contributed by atoms with Gasteiger partial charge in [-0.05, 0) is 42.5 Å². The maximum absolute atomic E-state index is 5.36. The van der Waals surface area contributed by atoms with Crippen molar-refractivity contribution in [1.82, 2.24) is 9.78 Å². The molecule has 2 rings (SSSR count). The summed E-state index contributed by atoms with van der Waals surface area (Å²) in [6.07, 6.45) is 3.62. The van der Waals surface area contributed by atoms with Gasteiger partial charge in [0.2, 0.25) is 0 Å². The van der Waals surface area contributed by atoms with Crippen molar-refractivity contribution in [1.29, 1.82) is 0 Å². The highest BCUT2D eigenvalue weighted by Crippen LogP contribution is 2.11. The molecule has 0 amide bonds. The molecule has 1 aromatic heterocycles. The monoisotopic (exact) mass is 218 g/mol. The van der Waals surface area contributed by atoms with Gasteiger partial charge >= 0.3 is 0 Å². The molecule has 0 atom stereocenters. The van der Waals surface area contributed by atoms with Crippen LogP contribution in [0, 0.1) is 0 Å². The van der Waals surface area contributed by atoms with Crippen LogP contribution in [0.4, 0.5) is 5.69 Å². The summed E-state index contributed by atoms with van der Waals surface area (Å²) in [6, 6.07) is 9.55. The Labute approximate surface area is 92.7 Å². The standard InChI is InChI=1S/C10H10N4S/c11-10(15)13-8-2-4-9(5-3-8)14-7-1-6-12-14/h1-7H,(H3,11,13,15). The van der Waals surface area contributed by atoms with Gasteiger partial charge in [-0.25, -0.2) is 4.68 Å². The largest absolute Gasteiger partial charge is 0.376 e. The van der Waals surface area contributed by atoms with E-state index in [1.807, 2.05) is 36.5 Å². The first-order valence-electron chi connectivity index (χ1n) is 4.42. The van der Waals surface area contributed by atoms with E-state index in [-0.39, 0.29) is 5.11 Å². The topological polar surface area (TPSA) is 55.9 Å². The molecule has 0 saturated heterocycles. The summed E-state index contributed by atoms with van der Waals surface area (Å²) in [4.78, 5) is 0. The third-order valence-corrected chi connectivity index (χ3v) is 2.01. The first-order chi connectivity index (χ1) is 7.25. The Hall–Kier alpha value is -1.88. The number of rotatable bonds is 2. The molecule has 1 heterocycles. The van der Waals surface area contributed by atoms with Gasteiger partial charge in [0.15, 0.2) is 5.11 Å². The third-order valence-electron chi connectivity index (χ3n) is 1.90. The van der Waals surface area contributed by atoms with Gasteiger partial charge < -0.3 is 11.1 Å². The van der Waals surface area contributed by atoms with Crippen LogP contribution in [0.25, 0.3) is 5.69 Å². The molecule has 0 saturated carbocycles. The first-order valence-corrected chi connectivity index (χ1v) is 4.83. The minimum absolute atomic E-state index is 0.266. The molecule has 0 aliphatic rings. The van der Waals surface area contributed by atoms with Crippen LogP contribution in [0.15, 0.2) is 42.7 Å². The molecule has 0 unspecified atom stereocenters. The summed E-state index contributed by atoms with van der Waals surface area (Å²) in [5.74, 6) is 0. The molecule has 0 fully saturated rings. The summed E-state index contributed by atoms with van der Waals surface area (Å²) >= 11 is 4.74. The Kier molecular flexibility index (Phi) is 2.64. The van der Waals surface area contributed by atoms with Crippen LogP contribution in [-0.4, -0.2) is 14.9 Å². The van der Waals surface area contributed by atoms with Gasteiger partial charge in [0.05, 0.1) is 5.69 Å². The molecule has 0 aliphatic heterocycles. The average Bonchev–Trinajstić information content (AvgIpc) is 2.71. The molecular formula is C10H10N4S. The van der Waals surface area contributed by atoms with E-state index >= 15 is 0 Å². The molecular weight excluding hydrogens is 208 g/mol. The fourth-order valence-electron chi connectivity index (χ4n) is 1.26. The highest BCUT2D eigenvalue weighted by molar-refractivity contribution is 7.80. The lowest BCUT2D eigenvalue weighted by Crippen LogP contribution is -2.18. The number of hydrogen-bond donors (Lipinski definition) is 2. The van der Waals surface area contributed by atoms with Gasteiger partial charge in [0.1, 0.15) is 0 Å². The van der Waals surface area contributed by atoms with E-state index < -0.39 is 0 Å². The number of nitrogens with one attached hydrogen (secondary N) is 1. The number of benzene rings is 1. The van der Waals surface area contributed by atoms with Crippen molar-refractivity contribution in [2.24, 2.45) is 5.73 Å². The van der Waals surface area contributed by atoms with E-state index in [0.717, 1.165) is 11.4 Å². The zero-order valence-corrected chi connectivity index (χ0v) is 8.74. The number of aromatic nitrogens is 2. The second-order valence-corrected chi connectivity index (χ2v) is 3.43. The van der Waals surface area contributed by atoms with E-state index in [0.29, 0.717) is 0 Å². The lowest BCUT2D eigenvalue weighted by atomic mass is 10.3. The van der Waals surface area contributed by atoms with E-state index in [9.17, 15) is 0 Å². The Bertz CT molecular complexity index is 447. The van der Waals surface area contributed by atoms with Gasteiger partial charge in [0.25, 0.3) is 0 Å². The van der Waals surface area contributed by atoms with Crippen molar-refractivity contribution in [3.63, 3.8) is 0 Å². The lowest BCUT2D eigenvalue weighted by molar-refractivity contribution is 0.881. The second-order valence-electron chi connectivity index (χ2n) is 2.99. The normalized spacial score (nSPS) is 9.87. The summed E-state index contributed by atoms with van der Waals surface area (Å²) < 4.78 is 1.78. The molecule has 76 valence electrons. The lowest BCUT2D eigenvalue weighted by Gasteiger charge is -2.05. The van der Waals surface area contributed by atoms with Crippen molar-refractivity contribution in [2.45, 2.75) is 0 Å². The van der Waals surface area contributed by atoms with Gasteiger partial charge in [-0.3, -0.25) is 0 Å². The number of nitrogens with zero attached hydrogens (tertiary/aromatic N) is 2. The SMILES string of the molecule is NC(=S)Nc1ccc(-n2cccn2)cc1. The van der Waals surface area contributed by atoms with Crippen molar-refractivity contribution in [3.8, 4) is 5.69 Å². The Morgan fingerprint density at radius 3 is 2.60 bits per heavy atom. The van der Waals surface area contributed by atoms with Crippen LogP contribution in [0.5, 0.6) is 0 Å². The number of thiocarbonyl (C=S) groups is 1. The molecule has 2 aromatic rings. The van der Waals surface area contributed by atoms with E-state index in [1.54, 1.807) is 10.9 Å². The molecule has 0 bridgehead atoms. The quantitative estimate of drug-likeness (QED) is 0.750. The van der Waals surface area contributed by atoms with Crippen LogP contribution in [-0.2, 0) is 0 Å². The first kappa shape index (κ1) is 9.67. The van der Waals surface area contributed by atoms with Gasteiger partial charge in [-0.2, -0.15) is 5.10 Å². The highest BCUT2D eigenvalue weighted by Gasteiger charge is 1.96. The summed E-state index contributed by atoms with van der Waals surface area (Å²) in [5.41, 5.74) is 7.23. The van der Waals surface area contributed by atoms with Crippen LogP contribution >= 0.6 is 12.2 Å². The van der Waals surface area contributed by atoms with Crippen LogP contribution in [0.2, 0.25) is 0 Å². The van der Waals surface area contributed by atoms with Crippen molar-refractivity contribution < 1.29 is 0 Å². The smallest absolute Gasteiger partial charge is 0.168 e. The number of hydrogen-bond acceptors (Lipinski definition) is 2. The van der Waals surface area contributed by atoms with Crippen LogP contribution in [0.3, 0.4) is 0 Å². The molecule has 3 N–H and O–H groups in total. The molecule has 0 aliphatic carbocycles. The fraction of sp³-hybridized carbons (Fsp3) is 0. The Balaban J connectivity index is 2.21. The van der Waals surface area contributed by atoms with Gasteiger partial charge in [-0.1, -0.05) is 0 Å². The van der Waals surface area contributed by atoms with Crippen LogP contribution < -0.4 is 11.1 Å².